The molecule has 1 aliphatic heterocycles. The standard InChI is InChI=1S/C6H8F2N4/c7-6(8)2-1-3-12-4(6)10-11-5(12)9/h1-3H2,(H2,9,11). The van der Waals surface area contributed by atoms with Crippen LogP contribution in [0.3, 0.4) is 0 Å². The second-order valence-corrected chi connectivity index (χ2v) is 2.84. The molecule has 1 aromatic rings. The largest absolute Gasteiger partial charge is 0.368 e. The van der Waals surface area contributed by atoms with Gasteiger partial charge >= 0.3 is 5.92 Å². The molecule has 0 aliphatic carbocycles. The van der Waals surface area contributed by atoms with E-state index in [1.54, 1.807) is 0 Å². The molecule has 0 atom stereocenters. The fourth-order valence-electron chi connectivity index (χ4n) is 1.38. The molecule has 1 aromatic heterocycles. The van der Waals surface area contributed by atoms with Crippen LogP contribution >= 0.6 is 0 Å². The van der Waals surface area contributed by atoms with E-state index in [0.29, 0.717) is 13.0 Å². The molecule has 0 aromatic carbocycles. The first-order valence-electron chi connectivity index (χ1n) is 3.68. The molecule has 0 spiro atoms. The normalized spacial score (nSPS) is 20.5. The van der Waals surface area contributed by atoms with Gasteiger partial charge in [0.15, 0.2) is 0 Å². The van der Waals surface area contributed by atoms with E-state index in [2.05, 4.69) is 10.2 Å². The first-order valence-corrected chi connectivity index (χ1v) is 3.68. The van der Waals surface area contributed by atoms with Crippen LogP contribution in [0.1, 0.15) is 18.7 Å². The summed E-state index contributed by atoms with van der Waals surface area (Å²) in [7, 11) is 0. The molecular weight excluding hydrogens is 166 g/mol. The van der Waals surface area contributed by atoms with Gasteiger partial charge in [-0.2, -0.15) is 8.78 Å². The van der Waals surface area contributed by atoms with Crippen molar-refractivity contribution < 1.29 is 8.78 Å². The lowest BCUT2D eigenvalue weighted by atomic mass is 10.1. The fourth-order valence-corrected chi connectivity index (χ4v) is 1.38. The zero-order valence-electron chi connectivity index (χ0n) is 6.30. The lowest BCUT2D eigenvalue weighted by molar-refractivity contribution is -0.0391. The summed E-state index contributed by atoms with van der Waals surface area (Å²) in [5.41, 5.74) is 5.34. The van der Waals surface area contributed by atoms with Gasteiger partial charge in [-0.15, -0.1) is 10.2 Å². The first kappa shape index (κ1) is 7.45. The van der Waals surface area contributed by atoms with Gasteiger partial charge < -0.3 is 5.73 Å². The third kappa shape index (κ3) is 0.870. The number of nitrogens with zero attached hydrogens (tertiary/aromatic N) is 3. The zero-order chi connectivity index (χ0) is 8.77. The molecule has 66 valence electrons. The SMILES string of the molecule is Nc1nnc2n1CCCC2(F)F. The van der Waals surface area contributed by atoms with Crippen molar-refractivity contribution in [2.24, 2.45) is 0 Å². The Kier molecular flexibility index (Phi) is 1.33. The van der Waals surface area contributed by atoms with Gasteiger partial charge in [0.1, 0.15) is 0 Å². The molecule has 0 saturated carbocycles. The van der Waals surface area contributed by atoms with Crippen molar-refractivity contribution in [1.29, 1.82) is 0 Å². The van der Waals surface area contributed by atoms with Gasteiger partial charge in [-0.25, -0.2) is 0 Å². The van der Waals surface area contributed by atoms with E-state index in [0.717, 1.165) is 0 Å². The van der Waals surface area contributed by atoms with Gasteiger partial charge in [-0.05, 0) is 6.42 Å². The van der Waals surface area contributed by atoms with E-state index in [9.17, 15) is 8.78 Å². The van der Waals surface area contributed by atoms with Gasteiger partial charge in [-0.1, -0.05) is 0 Å². The maximum Gasteiger partial charge on any atom is 0.306 e. The second-order valence-electron chi connectivity index (χ2n) is 2.84. The molecule has 2 rings (SSSR count). The Morgan fingerprint density at radius 3 is 2.83 bits per heavy atom. The number of anilines is 1. The molecule has 0 saturated heterocycles. The van der Waals surface area contributed by atoms with Gasteiger partial charge in [0.25, 0.3) is 0 Å². The molecule has 1 aliphatic rings. The average Bonchev–Trinajstić information content (AvgIpc) is 2.33. The van der Waals surface area contributed by atoms with Gasteiger partial charge in [0.2, 0.25) is 11.8 Å². The lowest BCUT2D eigenvalue weighted by Gasteiger charge is -2.21. The molecule has 2 heterocycles. The van der Waals surface area contributed by atoms with E-state index in [-0.39, 0.29) is 18.2 Å². The van der Waals surface area contributed by atoms with Crippen LogP contribution in [-0.2, 0) is 12.5 Å². The van der Waals surface area contributed by atoms with Crippen molar-refractivity contribution in [1.82, 2.24) is 14.8 Å². The summed E-state index contributed by atoms with van der Waals surface area (Å²) in [6.45, 7) is 0.490. The number of alkyl halides is 2. The molecule has 12 heavy (non-hydrogen) atoms. The summed E-state index contributed by atoms with van der Waals surface area (Å²) in [6, 6.07) is 0. The van der Waals surface area contributed by atoms with Crippen molar-refractivity contribution in [2.45, 2.75) is 25.3 Å². The van der Waals surface area contributed by atoms with E-state index in [1.165, 1.54) is 4.57 Å². The Hall–Kier alpha value is -1.20. The highest BCUT2D eigenvalue weighted by atomic mass is 19.3. The molecule has 0 amide bonds. The minimum absolute atomic E-state index is 0.0735. The Labute approximate surface area is 67.4 Å². The maximum atomic E-state index is 13.0. The maximum absolute atomic E-state index is 13.0. The van der Waals surface area contributed by atoms with Crippen LogP contribution in [-0.4, -0.2) is 14.8 Å². The highest BCUT2D eigenvalue weighted by molar-refractivity contribution is 5.20. The molecule has 0 unspecified atom stereocenters. The van der Waals surface area contributed by atoms with E-state index >= 15 is 0 Å². The highest BCUT2D eigenvalue weighted by Crippen LogP contribution is 2.36. The van der Waals surface area contributed by atoms with Crippen LogP contribution in [0.15, 0.2) is 0 Å². The summed E-state index contributed by atoms with van der Waals surface area (Å²) in [6.07, 6.45) is 0.257. The van der Waals surface area contributed by atoms with Crippen molar-refractivity contribution in [3.63, 3.8) is 0 Å². The van der Waals surface area contributed by atoms with Crippen LogP contribution in [0, 0.1) is 0 Å². The number of halogens is 2. The molecular formula is C6H8F2N4. The molecule has 4 nitrogen and oxygen atoms in total. The smallest absolute Gasteiger partial charge is 0.306 e. The number of fused-ring (bicyclic) bond motifs is 1. The van der Waals surface area contributed by atoms with Gasteiger partial charge in [0, 0.05) is 13.0 Å². The van der Waals surface area contributed by atoms with Crippen LogP contribution in [0.2, 0.25) is 0 Å². The Morgan fingerprint density at radius 2 is 2.17 bits per heavy atom. The summed E-state index contributed by atoms with van der Waals surface area (Å²) in [5, 5.41) is 6.75. The summed E-state index contributed by atoms with van der Waals surface area (Å²) in [4.78, 5) is 0. The van der Waals surface area contributed by atoms with Crippen molar-refractivity contribution in [3.05, 3.63) is 5.82 Å². The Balaban J connectivity index is 2.53. The number of rotatable bonds is 0. The number of hydrogen-bond acceptors (Lipinski definition) is 3. The van der Waals surface area contributed by atoms with E-state index < -0.39 is 5.92 Å². The van der Waals surface area contributed by atoms with E-state index in [4.69, 9.17) is 5.73 Å². The predicted octanol–water partition coefficient (Wildman–Crippen LogP) is 0.746. The zero-order valence-corrected chi connectivity index (χ0v) is 6.30. The van der Waals surface area contributed by atoms with Crippen molar-refractivity contribution in [2.75, 3.05) is 5.73 Å². The number of nitrogen functional groups attached to an aromatic ring is 1. The minimum Gasteiger partial charge on any atom is -0.368 e. The number of hydrogen-bond donors (Lipinski definition) is 1. The predicted molar refractivity (Wildman–Crippen MR) is 37.6 cm³/mol. The third-order valence-electron chi connectivity index (χ3n) is 1.98. The van der Waals surface area contributed by atoms with Crippen molar-refractivity contribution >= 4 is 5.95 Å². The number of nitrogens with two attached hydrogens (primary N) is 1. The third-order valence-corrected chi connectivity index (χ3v) is 1.98. The summed E-state index contributed by atoms with van der Waals surface area (Å²) in [5.74, 6) is -3.08. The number of aromatic nitrogens is 3. The van der Waals surface area contributed by atoms with Crippen LogP contribution in [0.25, 0.3) is 0 Å². The van der Waals surface area contributed by atoms with Gasteiger partial charge in [0.05, 0.1) is 0 Å². The monoisotopic (exact) mass is 174 g/mol. The molecule has 0 bridgehead atoms. The molecule has 2 N–H and O–H groups in total. The fraction of sp³-hybridized carbons (Fsp3) is 0.667. The van der Waals surface area contributed by atoms with Crippen molar-refractivity contribution in [3.8, 4) is 0 Å². The Bertz CT molecular complexity index is 306. The topological polar surface area (TPSA) is 56.7 Å². The van der Waals surface area contributed by atoms with E-state index in [1.807, 2.05) is 0 Å². The van der Waals surface area contributed by atoms with Crippen LogP contribution < -0.4 is 5.73 Å². The van der Waals surface area contributed by atoms with Crippen LogP contribution in [0.4, 0.5) is 14.7 Å². The molecule has 0 radical (unpaired) electrons. The van der Waals surface area contributed by atoms with Crippen LogP contribution in [0.5, 0.6) is 0 Å². The first-order chi connectivity index (χ1) is 5.61. The average molecular weight is 174 g/mol. The van der Waals surface area contributed by atoms with Gasteiger partial charge in [-0.3, -0.25) is 4.57 Å². The molecule has 0 fully saturated rings. The highest BCUT2D eigenvalue weighted by Gasteiger charge is 2.40. The summed E-state index contributed by atoms with van der Waals surface area (Å²) >= 11 is 0. The summed E-state index contributed by atoms with van der Waals surface area (Å²) < 4.78 is 27.3. The lowest BCUT2D eigenvalue weighted by Crippen LogP contribution is -2.26. The Morgan fingerprint density at radius 1 is 1.42 bits per heavy atom. The second kappa shape index (κ2) is 2.15. The molecule has 6 heteroatoms. The quantitative estimate of drug-likeness (QED) is 0.631. The minimum atomic E-state index is -2.86.